The number of carbonyl (C=O) groups is 2. The van der Waals surface area contributed by atoms with Gasteiger partial charge in [0.2, 0.25) is 5.91 Å². The summed E-state index contributed by atoms with van der Waals surface area (Å²) in [6, 6.07) is 3.78. The van der Waals surface area contributed by atoms with Crippen molar-refractivity contribution in [1.29, 1.82) is 0 Å². The summed E-state index contributed by atoms with van der Waals surface area (Å²) < 4.78 is 1.41. The number of nitrogens with one attached hydrogen (secondary N) is 1. The molecule has 20 heavy (non-hydrogen) atoms. The molecule has 0 aliphatic carbocycles. The number of pyridine rings is 1. The molecule has 0 unspecified atom stereocenters. The van der Waals surface area contributed by atoms with Crippen LogP contribution in [0.1, 0.15) is 27.2 Å². The van der Waals surface area contributed by atoms with Crippen molar-refractivity contribution in [3.8, 4) is 0 Å². The van der Waals surface area contributed by atoms with E-state index in [9.17, 15) is 14.4 Å². The number of aromatic nitrogens is 1. The van der Waals surface area contributed by atoms with Crippen molar-refractivity contribution >= 4 is 11.9 Å². The normalized spacial score (nSPS) is 12.8. The molecule has 2 N–H and O–H groups in total. The van der Waals surface area contributed by atoms with E-state index in [1.807, 2.05) is 0 Å². The molecule has 6 heteroatoms. The first-order chi connectivity index (χ1) is 9.21. The zero-order chi connectivity index (χ0) is 15.3. The van der Waals surface area contributed by atoms with Crippen LogP contribution in [0.2, 0.25) is 0 Å². The van der Waals surface area contributed by atoms with E-state index < -0.39 is 17.4 Å². The molecule has 0 aliphatic rings. The predicted molar refractivity (Wildman–Crippen MR) is 74.3 cm³/mol. The van der Waals surface area contributed by atoms with E-state index in [1.54, 1.807) is 39.1 Å². The van der Waals surface area contributed by atoms with Gasteiger partial charge in [-0.1, -0.05) is 26.8 Å². The molecule has 0 aromatic carbocycles. The number of hydrogen-bond acceptors (Lipinski definition) is 3. The van der Waals surface area contributed by atoms with Crippen molar-refractivity contribution in [1.82, 2.24) is 9.88 Å². The number of rotatable bonds is 5. The lowest BCUT2D eigenvalue weighted by Gasteiger charge is -2.27. The number of amides is 1. The van der Waals surface area contributed by atoms with Crippen LogP contribution in [-0.4, -0.2) is 27.6 Å². The van der Waals surface area contributed by atoms with Gasteiger partial charge in [-0.05, 0) is 11.5 Å². The van der Waals surface area contributed by atoms with Gasteiger partial charge in [-0.15, -0.1) is 0 Å². The van der Waals surface area contributed by atoms with Crippen molar-refractivity contribution in [2.24, 2.45) is 5.41 Å². The Kier molecular flexibility index (Phi) is 5.07. The lowest BCUT2D eigenvalue weighted by Crippen LogP contribution is -2.49. The molecule has 0 fully saturated rings. The second-order valence-electron chi connectivity index (χ2n) is 5.69. The SMILES string of the molecule is CC(C)(C)[C@H](NC(=O)CCn1ccccc1=O)C(=O)O. The molecular formula is C14H20N2O4. The van der Waals surface area contributed by atoms with Gasteiger partial charge in [0.05, 0.1) is 0 Å². The number of aliphatic carboxylic acids is 1. The average molecular weight is 280 g/mol. The summed E-state index contributed by atoms with van der Waals surface area (Å²) in [6.07, 6.45) is 1.65. The van der Waals surface area contributed by atoms with Gasteiger partial charge in [-0.25, -0.2) is 4.79 Å². The summed E-state index contributed by atoms with van der Waals surface area (Å²) >= 11 is 0. The van der Waals surface area contributed by atoms with Gasteiger partial charge in [0.25, 0.3) is 5.56 Å². The quantitative estimate of drug-likeness (QED) is 0.837. The van der Waals surface area contributed by atoms with Crippen molar-refractivity contribution < 1.29 is 14.7 Å². The minimum Gasteiger partial charge on any atom is -0.480 e. The van der Waals surface area contributed by atoms with Crippen LogP contribution in [0.4, 0.5) is 0 Å². The number of carbonyl (C=O) groups excluding carboxylic acids is 1. The lowest BCUT2D eigenvalue weighted by atomic mass is 9.86. The van der Waals surface area contributed by atoms with Gasteiger partial charge in [0.1, 0.15) is 6.04 Å². The number of carboxylic acid groups (broad SMARTS) is 1. The van der Waals surface area contributed by atoms with E-state index in [-0.39, 0.29) is 24.4 Å². The molecule has 0 spiro atoms. The van der Waals surface area contributed by atoms with Gasteiger partial charge < -0.3 is 15.0 Å². The molecule has 1 amide bonds. The molecule has 1 aromatic heterocycles. The van der Waals surface area contributed by atoms with E-state index in [0.717, 1.165) is 0 Å². The predicted octanol–water partition coefficient (Wildman–Crippen LogP) is 0.854. The number of aryl methyl sites for hydroxylation is 1. The van der Waals surface area contributed by atoms with Crippen molar-refractivity contribution in [3.63, 3.8) is 0 Å². The molecule has 0 saturated heterocycles. The molecule has 0 bridgehead atoms. The minimum absolute atomic E-state index is 0.0593. The Labute approximate surface area is 117 Å². The Morgan fingerprint density at radius 1 is 1.35 bits per heavy atom. The summed E-state index contributed by atoms with van der Waals surface area (Å²) in [5.74, 6) is -1.45. The average Bonchev–Trinajstić information content (AvgIpc) is 2.33. The number of carboxylic acids is 1. The van der Waals surface area contributed by atoms with E-state index in [1.165, 1.54) is 10.6 Å². The third-order valence-corrected chi connectivity index (χ3v) is 2.90. The van der Waals surface area contributed by atoms with Gasteiger partial charge in [-0.3, -0.25) is 9.59 Å². The molecule has 1 rings (SSSR count). The summed E-state index contributed by atoms with van der Waals surface area (Å²) in [7, 11) is 0. The maximum absolute atomic E-state index is 11.8. The highest BCUT2D eigenvalue weighted by Gasteiger charge is 2.32. The molecular weight excluding hydrogens is 260 g/mol. The van der Waals surface area contributed by atoms with Crippen LogP contribution in [0, 0.1) is 5.41 Å². The van der Waals surface area contributed by atoms with Crippen LogP contribution < -0.4 is 10.9 Å². The van der Waals surface area contributed by atoms with E-state index >= 15 is 0 Å². The standard InChI is InChI=1S/C14H20N2O4/c1-14(2,3)12(13(19)20)15-10(17)7-9-16-8-5-4-6-11(16)18/h4-6,8,12H,7,9H2,1-3H3,(H,15,17)(H,19,20)/t12-/m1/s1. The Morgan fingerprint density at radius 3 is 2.50 bits per heavy atom. The second kappa shape index (κ2) is 6.36. The van der Waals surface area contributed by atoms with Crippen molar-refractivity contribution in [2.45, 2.75) is 39.8 Å². The molecule has 0 radical (unpaired) electrons. The fourth-order valence-corrected chi connectivity index (χ4v) is 1.75. The zero-order valence-electron chi connectivity index (χ0n) is 11.9. The summed E-state index contributed by atoms with van der Waals surface area (Å²) in [6.45, 7) is 5.46. The Hall–Kier alpha value is -2.11. The number of hydrogen-bond donors (Lipinski definition) is 2. The van der Waals surface area contributed by atoms with E-state index in [4.69, 9.17) is 5.11 Å². The number of nitrogens with zero attached hydrogens (tertiary/aromatic N) is 1. The zero-order valence-corrected chi connectivity index (χ0v) is 11.9. The maximum atomic E-state index is 11.8. The first kappa shape index (κ1) is 15.9. The van der Waals surface area contributed by atoms with Crippen LogP contribution >= 0.6 is 0 Å². The summed E-state index contributed by atoms with van der Waals surface area (Å²) in [5.41, 5.74) is -0.767. The maximum Gasteiger partial charge on any atom is 0.326 e. The summed E-state index contributed by atoms with van der Waals surface area (Å²) in [4.78, 5) is 34.4. The minimum atomic E-state index is -1.07. The monoisotopic (exact) mass is 280 g/mol. The van der Waals surface area contributed by atoms with Crippen molar-refractivity contribution in [2.75, 3.05) is 0 Å². The van der Waals surface area contributed by atoms with Gasteiger partial charge in [-0.2, -0.15) is 0 Å². The Morgan fingerprint density at radius 2 is 2.00 bits per heavy atom. The highest BCUT2D eigenvalue weighted by Crippen LogP contribution is 2.19. The molecule has 1 heterocycles. The molecule has 0 saturated carbocycles. The first-order valence-electron chi connectivity index (χ1n) is 6.39. The van der Waals surface area contributed by atoms with Crippen LogP contribution in [0.25, 0.3) is 0 Å². The smallest absolute Gasteiger partial charge is 0.326 e. The molecule has 1 atom stereocenters. The Balaban J connectivity index is 2.62. The van der Waals surface area contributed by atoms with Crippen molar-refractivity contribution in [3.05, 3.63) is 34.7 Å². The molecule has 0 aliphatic heterocycles. The van der Waals surface area contributed by atoms with Gasteiger partial charge >= 0.3 is 5.97 Å². The van der Waals surface area contributed by atoms with Crippen LogP contribution in [0.15, 0.2) is 29.2 Å². The molecule has 110 valence electrons. The first-order valence-corrected chi connectivity index (χ1v) is 6.39. The largest absolute Gasteiger partial charge is 0.480 e. The van der Waals surface area contributed by atoms with Gasteiger partial charge in [0.15, 0.2) is 0 Å². The second-order valence-corrected chi connectivity index (χ2v) is 5.69. The van der Waals surface area contributed by atoms with E-state index in [0.29, 0.717) is 0 Å². The van der Waals surface area contributed by atoms with Crippen LogP contribution in [-0.2, 0) is 16.1 Å². The molecule has 1 aromatic rings. The fraction of sp³-hybridized carbons (Fsp3) is 0.500. The topological polar surface area (TPSA) is 88.4 Å². The van der Waals surface area contributed by atoms with Crippen LogP contribution in [0.5, 0.6) is 0 Å². The van der Waals surface area contributed by atoms with E-state index in [2.05, 4.69) is 5.32 Å². The Bertz CT molecular complexity index is 543. The molecule has 6 nitrogen and oxygen atoms in total. The fourth-order valence-electron chi connectivity index (χ4n) is 1.75. The third kappa shape index (κ3) is 4.53. The highest BCUT2D eigenvalue weighted by atomic mass is 16.4. The highest BCUT2D eigenvalue weighted by molar-refractivity contribution is 5.84. The third-order valence-electron chi connectivity index (χ3n) is 2.90. The lowest BCUT2D eigenvalue weighted by molar-refractivity contribution is -0.145. The van der Waals surface area contributed by atoms with Crippen LogP contribution in [0.3, 0.4) is 0 Å². The summed E-state index contributed by atoms with van der Waals surface area (Å²) in [5, 5.41) is 11.6. The van der Waals surface area contributed by atoms with Gasteiger partial charge in [0, 0.05) is 25.2 Å².